The first kappa shape index (κ1) is 146. The quantitative estimate of drug-likeness (QED) is 0.0538. The fourth-order valence-electron chi connectivity index (χ4n) is 21.3. The number of halogens is 27. The zero-order valence-corrected chi connectivity index (χ0v) is 90.4. The van der Waals surface area contributed by atoms with E-state index in [1.165, 1.54) is 62.3 Å². The molecule has 0 nitrogen and oxygen atoms in total. The molecule has 0 aliphatic carbocycles. The molecule has 0 aliphatic heterocycles. The van der Waals surface area contributed by atoms with Crippen LogP contribution >= 0.6 is 0 Å². The topological polar surface area (TPSA) is 0 Å². The third-order valence-electron chi connectivity index (χ3n) is 32.9. The lowest BCUT2D eigenvalue weighted by atomic mass is 9.57. The molecule has 0 saturated heterocycles. The van der Waals surface area contributed by atoms with Crippen molar-refractivity contribution in [2.24, 2.45) is 148 Å². The first-order valence-electron chi connectivity index (χ1n) is 49.2. The highest BCUT2D eigenvalue weighted by atomic mass is 19.4. The molecule has 0 aromatic heterocycles. The highest BCUT2D eigenvalue weighted by Gasteiger charge is 2.65. The van der Waals surface area contributed by atoms with Crippen molar-refractivity contribution in [3.63, 3.8) is 0 Å². The molecule has 0 radical (unpaired) electrons. The van der Waals surface area contributed by atoms with E-state index in [1.54, 1.807) is 96.9 Å². The molecule has 0 amide bonds. The average molecular weight is 1950 g/mol. The predicted molar refractivity (Wildman–Crippen MR) is 496 cm³/mol. The Bertz CT molecular complexity index is 2720. The van der Waals surface area contributed by atoms with Gasteiger partial charge in [0.15, 0.2) is 0 Å². The van der Waals surface area contributed by atoms with Crippen LogP contribution in [0.3, 0.4) is 0 Å². The molecule has 0 spiro atoms. The second-order valence-electron chi connectivity index (χ2n) is 42.7. The van der Waals surface area contributed by atoms with Crippen LogP contribution in [0.5, 0.6) is 0 Å². The maximum absolute atomic E-state index is 13.4. The molecule has 0 saturated carbocycles. The average Bonchev–Trinajstić information content (AvgIpc) is 0.743. The Labute approximate surface area is 778 Å². The summed E-state index contributed by atoms with van der Waals surface area (Å²) in [6, 6.07) is 0. The van der Waals surface area contributed by atoms with E-state index in [1.807, 2.05) is 159 Å². The summed E-state index contributed by atoms with van der Waals surface area (Å²) in [6.45, 7) is 78.6. The summed E-state index contributed by atoms with van der Waals surface area (Å²) in [5.74, 6) is -3.45. The zero-order chi connectivity index (χ0) is 107. The van der Waals surface area contributed by atoms with Crippen molar-refractivity contribution < 1.29 is 119 Å². The van der Waals surface area contributed by atoms with Gasteiger partial charge in [-0.2, -0.15) is 119 Å². The molecule has 0 unspecified atom stereocenters. The molecular formula is C103H197F27. The lowest BCUT2D eigenvalue weighted by molar-refractivity contribution is -0.275. The van der Waals surface area contributed by atoms with Gasteiger partial charge in [0.05, 0.1) is 48.7 Å². The standard InChI is InChI=1S/3C13H25F3.2C12H23F3.2C11H21F3.2C9H17F3/c1-8(2)11(9(3)4)12(7,10(5)6)13(14,15)16;1-7-8-12(6,13(14,15)16)11(9(2)3)10(4)5;1-6-10(7-2)12(5,13(14,15)16)11(8-3)9-4;1-7-10(5,8-2)11(6,9(3)4)12(13,14)15;1-6-9-11(5,12(13,14)15)10(4,7-2)8-3;1-6-9(7-2)10(5,8(3)4)11(12,13)14;1-5-8-10(4,11(12,13)14)9(6-2)7-3;1-6(2)8(5,7(3)4)9(10,11)12;1-4-6-8(3,7-5-2)9(10,11)12/h8-11H,1-7H3;9-11H,7-8H2,1-6H3;10-11H,6-9H2,1-5H3;9H,7-8H2,1-6H3;6-9H2,1-5H3;8-9H,6-7H2,1-5H3;9H,5-8H2,1-4H3;6-7H,1-5H3;4-7H2,1-3H3/t2*12-;;2*11-;2*10-;;/m00.0000../s1. The second-order valence-corrected chi connectivity index (χ2v) is 42.7. The van der Waals surface area contributed by atoms with Gasteiger partial charge in [-0.05, 0) is 157 Å². The minimum absolute atomic E-state index is 0.0361. The van der Waals surface area contributed by atoms with Crippen molar-refractivity contribution in [1.82, 2.24) is 0 Å². The normalized spacial score (nSPS) is 16.4. The van der Waals surface area contributed by atoms with Gasteiger partial charge in [-0.15, -0.1) is 0 Å². The molecule has 0 N–H and O–H groups in total. The Kier molecular flexibility index (Phi) is 66.2. The van der Waals surface area contributed by atoms with Crippen LogP contribution < -0.4 is 0 Å². The summed E-state index contributed by atoms with van der Waals surface area (Å²) in [5.41, 5.74) is -15.2. The predicted octanol–water partition coefficient (Wildman–Crippen LogP) is 43.5. The molecule has 0 fully saturated rings. The molecule has 0 aromatic carbocycles. The number of hydrogen-bond donors (Lipinski definition) is 0. The van der Waals surface area contributed by atoms with Gasteiger partial charge in [0.2, 0.25) is 0 Å². The highest BCUT2D eigenvalue weighted by Crippen LogP contribution is 2.62. The van der Waals surface area contributed by atoms with Crippen LogP contribution in [0.4, 0.5) is 119 Å². The summed E-state index contributed by atoms with van der Waals surface area (Å²) in [4.78, 5) is 0. The van der Waals surface area contributed by atoms with Crippen molar-refractivity contribution in [3.05, 3.63) is 0 Å². The van der Waals surface area contributed by atoms with E-state index < -0.39 is 127 Å². The van der Waals surface area contributed by atoms with E-state index in [2.05, 4.69) is 0 Å². The van der Waals surface area contributed by atoms with Gasteiger partial charge in [-0.3, -0.25) is 0 Å². The van der Waals surface area contributed by atoms with Crippen molar-refractivity contribution in [1.29, 1.82) is 0 Å². The van der Waals surface area contributed by atoms with Crippen molar-refractivity contribution in [3.8, 4) is 0 Å². The van der Waals surface area contributed by atoms with E-state index in [0.29, 0.717) is 109 Å². The van der Waals surface area contributed by atoms with E-state index in [4.69, 9.17) is 0 Å². The van der Waals surface area contributed by atoms with Crippen LogP contribution in [0.25, 0.3) is 0 Å². The van der Waals surface area contributed by atoms with Gasteiger partial charge in [0.25, 0.3) is 0 Å². The molecule has 0 rings (SSSR count). The summed E-state index contributed by atoms with van der Waals surface area (Å²) in [6.07, 6.45) is -25.8. The minimum atomic E-state index is -4.14. The third-order valence-corrected chi connectivity index (χ3v) is 32.9. The maximum atomic E-state index is 13.4. The van der Waals surface area contributed by atoms with E-state index in [0.717, 1.165) is 0 Å². The van der Waals surface area contributed by atoms with E-state index in [9.17, 15) is 119 Å². The number of alkyl halides is 27. The fraction of sp³-hybridized carbons (Fsp3) is 1.00. The fourth-order valence-corrected chi connectivity index (χ4v) is 21.3. The highest BCUT2D eigenvalue weighted by molar-refractivity contribution is 5.01. The zero-order valence-electron chi connectivity index (χ0n) is 90.4. The second kappa shape index (κ2) is 59.0. The SMILES string of the molecule is CC(C)C(C(C)C)[C@](C)(C(C)C)C(F)(F)F.CC(C)C(C)(C(C)C)C(F)(F)F.CCC(C)(CC)[C@](C)(C(C)C)C(F)(F)F.CCC(CC)C(C)(C(CC)CC)C(F)(F)F.CCC(CC)[C@](C)(C(C)C)C(F)(F)F.CCCC(C)(CCC)C(F)(F)F.CCC[C@@](C)(C(C(C)C)C(C)C)C(F)(F)F.CCC[C@@](C)(C(CC)CC)C(F)(F)F.CCC[C@](C)(C(F)(F)F)C(C)(CC)CC. The molecule has 0 aromatic rings. The molecule has 0 aliphatic rings. The third kappa shape index (κ3) is 38.3. The van der Waals surface area contributed by atoms with Crippen LogP contribution in [0, 0.1) is 148 Å². The lowest BCUT2D eigenvalue weighted by Crippen LogP contribution is -2.51. The summed E-state index contributed by atoms with van der Waals surface area (Å²) < 4.78 is 352. The minimum Gasteiger partial charge on any atom is -0.171 e. The first-order valence-corrected chi connectivity index (χ1v) is 49.2. The van der Waals surface area contributed by atoms with Gasteiger partial charge in [0.1, 0.15) is 0 Å². The van der Waals surface area contributed by atoms with Crippen LogP contribution in [-0.4, -0.2) is 55.6 Å². The van der Waals surface area contributed by atoms with Gasteiger partial charge in [-0.1, -0.05) is 402 Å². The van der Waals surface area contributed by atoms with Crippen LogP contribution in [-0.2, 0) is 0 Å². The number of hydrogen-bond acceptors (Lipinski definition) is 0. The smallest absolute Gasteiger partial charge is 0.171 e. The van der Waals surface area contributed by atoms with Gasteiger partial charge < -0.3 is 0 Å². The Morgan fingerprint density at radius 1 is 0.177 bits per heavy atom. The van der Waals surface area contributed by atoms with Crippen molar-refractivity contribution in [2.75, 3.05) is 0 Å². The summed E-state index contributed by atoms with van der Waals surface area (Å²) in [7, 11) is 0. The van der Waals surface area contributed by atoms with Gasteiger partial charge in [0, 0.05) is 0 Å². The Balaban J connectivity index is -0.000000181. The molecular weight excluding hydrogens is 1750 g/mol. The lowest BCUT2D eigenvalue weighted by Gasteiger charge is -2.49. The van der Waals surface area contributed by atoms with E-state index >= 15 is 0 Å². The Morgan fingerprint density at radius 2 is 0.400 bits per heavy atom. The molecule has 0 bridgehead atoms. The summed E-state index contributed by atoms with van der Waals surface area (Å²) >= 11 is 0. The Hall–Kier alpha value is -1.89. The van der Waals surface area contributed by atoms with Crippen LogP contribution in [0.15, 0.2) is 0 Å². The molecule has 27 heteroatoms. The van der Waals surface area contributed by atoms with Crippen molar-refractivity contribution >= 4 is 0 Å². The van der Waals surface area contributed by atoms with E-state index in [-0.39, 0.29) is 109 Å². The largest absolute Gasteiger partial charge is 0.395 e. The maximum Gasteiger partial charge on any atom is 0.395 e. The van der Waals surface area contributed by atoms with Crippen molar-refractivity contribution in [2.45, 2.75) is 515 Å². The monoisotopic (exact) mass is 1950 g/mol. The molecule has 0 heterocycles. The van der Waals surface area contributed by atoms with Gasteiger partial charge in [-0.25, -0.2) is 0 Å². The summed E-state index contributed by atoms with van der Waals surface area (Å²) in [5, 5.41) is 0. The molecule has 130 heavy (non-hydrogen) atoms. The van der Waals surface area contributed by atoms with Gasteiger partial charge >= 0.3 is 55.6 Å². The Morgan fingerprint density at radius 3 is 0.523 bits per heavy atom. The van der Waals surface area contributed by atoms with Crippen LogP contribution in [0.2, 0.25) is 0 Å². The molecule has 6 atom stereocenters. The number of rotatable bonds is 39. The first-order chi connectivity index (χ1) is 57.6. The van der Waals surface area contributed by atoms with Crippen LogP contribution in [0.1, 0.15) is 460 Å². The molecule has 798 valence electrons.